The van der Waals surface area contributed by atoms with Crippen molar-refractivity contribution in [1.29, 1.82) is 0 Å². The van der Waals surface area contributed by atoms with Crippen molar-refractivity contribution < 1.29 is 8.78 Å². The second kappa shape index (κ2) is 4.50. The highest BCUT2D eigenvalue weighted by Crippen LogP contribution is 2.29. The summed E-state index contributed by atoms with van der Waals surface area (Å²) < 4.78 is 26.3. The Bertz CT molecular complexity index is 580. The zero-order chi connectivity index (χ0) is 12.5. The van der Waals surface area contributed by atoms with Crippen LogP contribution in [0.4, 0.5) is 8.78 Å². The molecule has 1 heterocycles. The summed E-state index contributed by atoms with van der Waals surface area (Å²) in [5, 5.41) is 3.35. The summed E-state index contributed by atoms with van der Waals surface area (Å²) in [6.07, 6.45) is 0.969. The minimum absolute atomic E-state index is 0.0509. The molecule has 0 saturated carbocycles. The lowest BCUT2D eigenvalue weighted by molar-refractivity contribution is 0.501. The first-order chi connectivity index (χ1) is 8.75. The highest BCUT2D eigenvalue weighted by Gasteiger charge is 2.21. The Balaban J connectivity index is 2.05. The first-order valence-corrected chi connectivity index (χ1v) is 6.02. The first kappa shape index (κ1) is 11.4. The van der Waals surface area contributed by atoms with E-state index in [0.717, 1.165) is 24.1 Å². The molecule has 1 aliphatic rings. The minimum Gasteiger partial charge on any atom is -0.306 e. The zero-order valence-electron chi connectivity index (χ0n) is 9.79. The molecule has 0 fully saturated rings. The fraction of sp³-hybridized carbons (Fsp3) is 0.200. The van der Waals surface area contributed by atoms with E-state index < -0.39 is 11.6 Å². The largest absolute Gasteiger partial charge is 0.306 e. The molecule has 0 spiro atoms. The average Bonchev–Trinajstić information content (AvgIpc) is 2.41. The van der Waals surface area contributed by atoms with Crippen LogP contribution in [0.25, 0.3) is 0 Å². The maximum absolute atomic E-state index is 13.3. The summed E-state index contributed by atoms with van der Waals surface area (Å²) in [5.41, 5.74) is 3.18. The smallest absolute Gasteiger partial charge is 0.159 e. The molecule has 0 aliphatic carbocycles. The molecule has 0 radical (unpaired) electrons. The molecule has 18 heavy (non-hydrogen) atoms. The monoisotopic (exact) mass is 245 g/mol. The predicted molar refractivity (Wildman–Crippen MR) is 66.3 cm³/mol. The van der Waals surface area contributed by atoms with Gasteiger partial charge in [0.05, 0.1) is 6.04 Å². The van der Waals surface area contributed by atoms with Gasteiger partial charge >= 0.3 is 0 Å². The number of hydrogen-bond acceptors (Lipinski definition) is 1. The molecular weight excluding hydrogens is 232 g/mol. The Morgan fingerprint density at radius 2 is 1.83 bits per heavy atom. The van der Waals surface area contributed by atoms with Crippen molar-refractivity contribution >= 4 is 0 Å². The summed E-state index contributed by atoms with van der Waals surface area (Å²) in [5.74, 6) is -1.60. The van der Waals surface area contributed by atoms with E-state index in [-0.39, 0.29) is 6.04 Å². The molecule has 1 N–H and O–H groups in total. The summed E-state index contributed by atoms with van der Waals surface area (Å²) in [6, 6.07) is 12.1. The van der Waals surface area contributed by atoms with E-state index in [1.807, 2.05) is 18.2 Å². The maximum Gasteiger partial charge on any atom is 0.159 e. The van der Waals surface area contributed by atoms with Crippen LogP contribution in [-0.4, -0.2) is 6.54 Å². The van der Waals surface area contributed by atoms with Crippen LogP contribution in [-0.2, 0) is 6.42 Å². The fourth-order valence-electron chi connectivity index (χ4n) is 2.49. The van der Waals surface area contributed by atoms with Gasteiger partial charge in [0, 0.05) is 6.54 Å². The van der Waals surface area contributed by atoms with Crippen molar-refractivity contribution in [2.45, 2.75) is 12.5 Å². The molecule has 0 unspecified atom stereocenters. The molecule has 0 saturated heterocycles. The normalized spacial score (nSPS) is 18.4. The van der Waals surface area contributed by atoms with E-state index >= 15 is 0 Å². The van der Waals surface area contributed by atoms with Gasteiger partial charge in [0.2, 0.25) is 0 Å². The summed E-state index contributed by atoms with van der Waals surface area (Å²) in [4.78, 5) is 0. The van der Waals surface area contributed by atoms with Gasteiger partial charge in [-0.15, -0.1) is 0 Å². The van der Waals surface area contributed by atoms with Crippen LogP contribution in [0.5, 0.6) is 0 Å². The summed E-state index contributed by atoms with van der Waals surface area (Å²) in [6.45, 7) is 0.848. The van der Waals surface area contributed by atoms with Crippen LogP contribution in [0.3, 0.4) is 0 Å². The molecule has 0 amide bonds. The highest BCUT2D eigenvalue weighted by atomic mass is 19.2. The Kier molecular flexibility index (Phi) is 2.84. The van der Waals surface area contributed by atoms with Crippen LogP contribution in [0, 0.1) is 11.6 Å². The summed E-state index contributed by atoms with van der Waals surface area (Å²) >= 11 is 0. The Morgan fingerprint density at radius 1 is 1.00 bits per heavy atom. The topological polar surface area (TPSA) is 12.0 Å². The van der Waals surface area contributed by atoms with Crippen molar-refractivity contribution in [3.8, 4) is 0 Å². The lowest BCUT2D eigenvalue weighted by Crippen LogP contribution is -2.30. The van der Waals surface area contributed by atoms with E-state index in [2.05, 4.69) is 11.4 Å². The standard InChI is InChI=1S/C15H13F2N/c16-13-6-5-11(9-14(13)17)15-12-4-2-1-3-10(12)7-8-18-15/h1-6,9,15,18H,7-8H2/t15-/m1/s1. The van der Waals surface area contributed by atoms with Gasteiger partial charge in [-0.3, -0.25) is 0 Å². The van der Waals surface area contributed by atoms with Gasteiger partial charge in [0.15, 0.2) is 11.6 Å². The van der Waals surface area contributed by atoms with Crippen molar-refractivity contribution in [2.24, 2.45) is 0 Å². The molecule has 92 valence electrons. The molecule has 2 aromatic carbocycles. The second-order valence-corrected chi connectivity index (χ2v) is 4.51. The van der Waals surface area contributed by atoms with Gasteiger partial charge < -0.3 is 5.32 Å². The van der Waals surface area contributed by atoms with E-state index in [1.54, 1.807) is 6.07 Å². The number of benzene rings is 2. The van der Waals surface area contributed by atoms with E-state index in [4.69, 9.17) is 0 Å². The summed E-state index contributed by atoms with van der Waals surface area (Å²) in [7, 11) is 0. The van der Waals surface area contributed by atoms with Gasteiger partial charge in [-0.2, -0.15) is 0 Å². The third-order valence-corrected chi connectivity index (χ3v) is 3.39. The molecule has 0 bridgehead atoms. The molecule has 3 heteroatoms. The van der Waals surface area contributed by atoms with Crippen molar-refractivity contribution in [1.82, 2.24) is 5.32 Å². The third-order valence-electron chi connectivity index (χ3n) is 3.39. The molecule has 1 atom stereocenters. The number of nitrogens with one attached hydrogen (secondary N) is 1. The molecule has 3 rings (SSSR count). The first-order valence-electron chi connectivity index (χ1n) is 6.02. The van der Waals surface area contributed by atoms with E-state index in [0.29, 0.717) is 0 Å². The molecule has 0 aromatic heterocycles. The molecule has 1 nitrogen and oxygen atoms in total. The van der Waals surface area contributed by atoms with Crippen LogP contribution >= 0.6 is 0 Å². The van der Waals surface area contributed by atoms with Gasteiger partial charge in [-0.25, -0.2) is 8.78 Å². The van der Waals surface area contributed by atoms with Crippen LogP contribution in [0.15, 0.2) is 42.5 Å². The van der Waals surface area contributed by atoms with Crippen LogP contribution in [0.2, 0.25) is 0 Å². The highest BCUT2D eigenvalue weighted by molar-refractivity contribution is 5.39. The quantitative estimate of drug-likeness (QED) is 0.813. The van der Waals surface area contributed by atoms with Crippen LogP contribution in [0.1, 0.15) is 22.7 Å². The maximum atomic E-state index is 13.3. The molecule has 2 aromatic rings. The Labute approximate surface area is 104 Å². The van der Waals surface area contributed by atoms with Crippen molar-refractivity contribution in [3.63, 3.8) is 0 Å². The SMILES string of the molecule is Fc1ccc([C@H]2NCCc3ccccc32)cc1F. The predicted octanol–water partition coefficient (Wildman–Crippen LogP) is 3.20. The molecule has 1 aliphatic heterocycles. The lowest BCUT2D eigenvalue weighted by Gasteiger charge is -2.27. The fourth-order valence-corrected chi connectivity index (χ4v) is 2.49. The van der Waals surface area contributed by atoms with E-state index in [1.165, 1.54) is 17.7 Å². The Morgan fingerprint density at radius 3 is 2.67 bits per heavy atom. The van der Waals surface area contributed by atoms with E-state index in [9.17, 15) is 8.78 Å². The number of fused-ring (bicyclic) bond motifs is 1. The average molecular weight is 245 g/mol. The van der Waals surface area contributed by atoms with Crippen molar-refractivity contribution in [3.05, 3.63) is 70.8 Å². The number of rotatable bonds is 1. The van der Waals surface area contributed by atoms with Crippen molar-refractivity contribution in [2.75, 3.05) is 6.54 Å². The number of halogens is 2. The third kappa shape index (κ3) is 1.91. The zero-order valence-corrected chi connectivity index (χ0v) is 9.79. The van der Waals surface area contributed by atoms with Gasteiger partial charge in [-0.05, 0) is 35.2 Å². The Hall–Kier alpha value is -1.74. The van der Waals surface area contributed by atoms with Gasteiger partial charge in [0.1, 0.15) is 0 Å². The van der Waals surface area contributed by atoms with Gasteiger partial charge in [0.25, 0.3) is 0 Å². The van der Waals surface area contributed by atoms with Gasteiger partial charge in [-0.1, -0.05) is 30.3 Å². The molecular formula is C15H13F2N. The lowest BCUT2D eigenvalue weighted by atomic mass is 9.90. The number of hydrogen-bond donors (Lipinski definition) is 1. The minimum atomic E-state index is -0.803. The van der Waals surface area contributed by atoms with Crippen LogP contribution < -0.4 is 5.32 Å². The second-order valence-electron chi connectivity index (χ2n) is 4.51.